The molecule has 0 radical (unpaired) electrons. The van der Waals surface area contributed by atoms with Gasteiger partial charge in [0.05, 0.1) is 17.7 Å². The van der Waals surface area contributed by atoms with Crippen molar-refractivity contribution in [3.05, 3.63) is 17.5 Å². The Kier molecular flexibility index (Phi) is 5.09. The van der Waals surface area contributed by atoms with Crippen LogP contribution >= 0.6 is 0 Å². The summed E-state index contributed by atoms with van der Waals surface area (Å²) in [5, 5.41) is 13.6. The van der Waals surface area contributed by atoms with Gasteiger partial charge in [-0.05, 0) is 25.3 Å². The average molecular weight is 325 g/mol. The molecule has 0 aliphatic heterocycles. The van der Waals surface area contributed by atoms with Crippen LogP contribution in [0.25, 0.3) is 0 Å². The van der Waals surface area contributed by atoms with Crippen LogP contribution in [0.15, 0.2) is 6.20 Å². The third kappa shape index (κ3) is 4.41. The number of carbonyl (C=O) groups is 1. The number of fused-ring (bicyclic) bond motifs is 1. The van der Waals surface area contributed by atoms with E-state index in [-0.39, 0.29) is 6.42 Å². The third-order valence-electron chi connectivity index (χ3n) is 4.10. The second kappa shape index (κ2) is 6.52. The number of carboxylic acids is 1. The molecular formula is C15H27N3O3Si. The van der Waals surface area contributed by atoms with Crippen LogP contribution in [0, 0.1) is 0 Å². The van der Waals surface area contributed by atoms with Crippen LogP contribution in [-0.2, 0) is 28.2 Å². The lowest BCUT2D eigenvalue weighted by Crippen LogP contribution is -2.41. The first-order valence-corrected chi connectivity index (χ1v) is 11.6. The van der Waals surface area contributed by atoms with E-state index in [0.717, 1.165) is 36.8 Å². The smallest absolute Gasteiger partial charge is 0.305 e. The fraction of sp³-hybridized carbons (Fsp3) is 0.733. The summed E-state index contributed by atoms with van der Waals surface area (Å²) in [6.07, 6.45) is 4.24. The summed E-state index contributed by atoms with van der Waals surface area (Å²) in [4.78, 5) is 11.1. The van der Waals surface area contributed by atoms with Gasteiger partial charge < -0.3 is 15.6 Å². The number of rotatable bonds is 7. The standard InChI is InChI=1S/C15H27N3O3Si/c1-22(2,3)8-7-21-11-18-10-12-13(17-18)5-4-6-15(12,16)9-14(19)20/h10H,4-9,11,16H2,1-3H3,(H,19,20). The zero-order chi connectivity index (χ0) is 16.4. The number of hydrogen-bond donors (Lipinski definition) is 2. The minimum absolute atomic E-state index is 0.0534. The molecule has 124 valence electrons. The minimum atomic E-state index is -1.09. The van der Waals surface area contributed by atoms with Crippen LogP contribution in [0.1, 0.15) is 30.5 Å². The van der Waals surface area contributed by atoms with Crippen LogP contribution in [0.2, 0.25) is 25.7 Å². The first kappa shape index (κ1) is 17.2. The molecule has 0 bridgehead atoms. The Balaban J connectivity index is 2.01. The predicted molar refractivity (Wildman–Crippen MR) is 87.4 cm³/mol. The van der Waals surface area contributed by atoms with Crippen molar-refractivity contribution in [3.63, 3.8) is 0 Å². The SMILES string of the molecule is C[Si](C)(C)CCOCn1cc2c(n1)CCCC2(N)CC(=O)O. The van der Waals surface area contributed by atoms with Gasteiger partial charge in [0.2, 0.25) is 0 Å². The van der Waals surface area contributed by atoms with Crippen LogP contribution in [0.3, 0.4) is 0 Å². The monoisotopic (exact) mass is 325 g/mol. The summed E-state index contributed by atoms with van der Waals surface area (Å²) < 4.78 is 7.45. The van der Waals surface area contributed by atoms with E-state index in [1.165, 1.54) is 0 Å². The van der Waals surface area contributed by atoms with E-state index in [1.807, 2.05) is 6.20 Å². The Labute approximate surface area is 132 Å². The quantitative estimate of drug-likeness (QED) is 0.592. The van der Waals surface area contributed by atoms with Crippen molar-refractivity contribution in [2.45, 2.75) is 63.6 Å². The van der Waals surface area contributed by atoms with E-state index in [4.69, 9.17) is 15.6 Å². The minimum Gasteiger partial charge on any atom is -0.481 e. The van der Waals surface area contributed by atoms with Crippen LogP contribution in [-0.4, -0.2) is 35.5 Å². The van der Waals surface area contributed by atoms with E-state index in [0.29, 0.717) is 13.2 Å². The molecule has 0 saturated carbocycles. The summed E-state index contributed by atoms with van der Waals surface area (Å²) in [6.45, 7) is 8.09. The number of nitrogens with zero attached hydrogens (tertiary/aromatic N) is 2. The highest BCUT2D eigenvalue weighted by atomic mass is 28.3. The molecule has 0 saturated heterocycles. The van der Waals surface area contributed by atoms with Crippen molar-refractivity contribution in [1.29, 1.82) is 0 Å². The van der Waals surface area contributed by atoms with Gasteiger partial charge in [0.1, 0.15) is 6.73 Å². The van der Waals surface area contributed by atoms with Crippen LogP contribution < -0.4 is 5.73 Å². The van der Waals surface area contributed by atoms with Gasteiger partial charge in [-0.15, -0.1) is 0 Å². The molecule has 3 N–H and O–H groups in total. The number of carboxylic acid groups (broad SMARTS) is 1. The van der Waals surface area contributed by atoms with Gasteiger partial charge in [0.25, 0.3) is 0 Å². The molecule has 1 heterocycles. The first-order chi connectivity index (χ1) is 10.2. The first-order valence-electron chi connectivity index (χ1n) is 7.85. The Morgan fingerprint density at radius 3 is 2.91 bits per heavy atom. The molecule has 6 nitrogen and oxygen atoms in total. The van der Waals surface area contributed by atoms with Gasteiger partial charge in [0, 0.05) is 26.4 Å². The average Bonchev–Trinajstić information content (AvgIpc) is 2.77. The molecule has 2 rings (SSSR count). The maximum atomic E-state index is 11.1. The lowest BCUT2D eigenvalue weighted by Gasteiger charge is -2.31. The summed E-state index contributed by atoms with van der Waals surface area (Å²) in [6, 6.07) is 1.12. The Morgan fingerprint density at radius 1 is 1.55 bits per heavy atom. The van der Waals surface area contributed by atoms with Gasteiger partial charge in [-0.3, -0.25) is 4.79 Å². The third-order valence-corrected chi connectivity index (χ3v) is 5.80. The number of aryl methyl sites for hydroxylation is 1. The molecule has 1 aliphatic carbocycles. The Bertz CT molecular complexity index is 539. The van der Waals surface area contributed by atoms with E-state index in [2.05, 4.69) is 24.7 Å². The molecule has 0 fully saturated rings. The van der Waals surface area contributed by atoms with E-state index < -0.39 is 19.6 Å². The largest absolute Gasteiger partial charge is 0.481 e. The van der Waals surface area contributed by atoms with Crippen LogP contribution in [0.5, 0.6) is 0 Å². The van der Waals surface area contributed by atoms with E-state index in [1.54, 1.807) is 4.68 Å². The van der Waals surface area contributed by atoms with Crippen molar-refractivity contribution in [1.82, 2.24) is 9.78 Å². The van der Waals surface area contributed by atoms with Crippen LogP contribution in [0.4, 0.5) is 0 Å². The molecule has 1 aromatic heterocycles. The van der Waals surface area contributed by atoms with E-state index >= 15 is 0 Å². The molecule has 7 heteroatoms. The summed E-state index contributed by atoms with van der Waals surface area (Å²) in [5.41, 5.74) is 7.32. The molecule has 0 amide bonds. The lowest BCUT2D eigenvalue weighted by atomic mass is 9.78. The number of aliphatic carboxylic acids is 1. The molecule has 1 atom stereocenters. The van der Waals surface area contributed by atoms with Gasteiger partial charge in [0.15, 0.2) is 0 Å². The maximum absolute atomic E-state index is 11.1. The zero-order valence-electron chi connectivity index (χ0n) is 13.8. The highest BCUT2D eigenvalue weighted by Crippen LogP contribution is 2.35. The Morgan fingerprint density at radius 2 is 2.27 bits per heavy atom. The maximum Gasteiger partial charge on any atom is 0.305 e. The number of nitrogens with two attached hydrogens (primary N) is 1. The fourth-order valence-corrected chi connectivity index (χ4v) is 3.58. The Hall–Kier alpha value is -1.18. The van der Waals surface area contributed by atoms with Gasteiger partial charge >= 0.3 is 5.97 Å². The number of ether oxygens (including phenoxy) is 1. The number of aromatic nitrogens is 2. The molecule has 0 aromatic carbocycles. The second-order valence-corrected chi connectivity index (χ2v) is 13.1. The molecule has 1 unspecified atom stereocenters. The van der Waals surface area contributed by atoms with Crippen molar-refractivity contribution >= 4 is 14.0 Å². The predicted octanol–water partition coefficient (Wildman–Crippen LogP) is 2.16. The highest BCUT2D eigenvalue weighted by Gasteiger charge is 2.37. The normalized spacial score (nSPS) is 21.6. The van der Waals surface area contributed by atoms with Gasteiger partial charge in [-0.25, -0.2) is 4.68 Å². The molecule has 0 spiro atoms. The van der Waals surface area contributed by atoms with Gasteiger partial charge in [-0.1, -0.05) is 19.6 Å². The van der Waals surface area contributed by atoms with Crippen molar-refractivity contribution in [2.24, 2.45) is 5.73 Å². The number of hydrogen-bond acceptors (Lipinski definition) is 4. The molecule has 22 heavy (non-hydrogen) atoms. The second-order valence-electron chi connectivity index (χ2n) is 7.46. The van der Waals surface area contributed by atoms with Crippen molar-refractivity contribution in [2.75, 3.05) is 6.61 Å². The van der Waals surface area contributed by atoms with E-state index in [9.17, 15) is 4.79 Å². The summed E-state index contributed by atoms with van der Waals surface area (Å²) in [7, 11) is -1.09. The molecule has 1 aliphatic rings. The fourth-order valence-electron chi connectivity index (χ4n) is 2.82. The van der Waals surface area contributed by atoms with Crippen molar-refractivity contribution in [3.8, 4) is 0 Å². The summed E-state index contributed by atoms with van der Waals surface area (Å²) >= 11 is 0. The lowest BCUT2D eigenvalue weighted by molar-refractivity contribution is -0.138. The zero-order valence-corrected chi connectivity index (χ0v) is 14.8. The topological polar surface area (TPSA) is 90.4 Å². The molecular weight excluding hydrogens is 298 g/mol. The molecule has 1 aromatic rings. The highest BCUT2D eigenvalue weighted by molar-refractivity contribution is 6.76. The van der Waals surface area contributed by atoms with Gasteiger partial charge in [-0.2, -0.15) is 5.10 Å². The summed E-state index contributed by atoms with van der Waals surface area (Å²) in [5.74, 6) is -0.866. The van der Waals surface area contributed by atoms with Crippen molar-refractivity contribution < 1.29 is 14.6 Å².